The van der Waals surface area contributed by atoms with Gasteiger partial charge in [0.05, 0.1) is 19.3 Å². The Bertz CT molecular complexity index is 618. The number of carbonyl (C=O) groups excluding carboxylic acids is 1. The van der Waals surface area contributed by atoms with Crippen molar-refractivity contribution in [1.82, 2.24) is 15.0 Å². The SMILES string of the molecule is COC(=O)N1c2ccccc2CN1Cc1ncccn1. The van der Waals surface area contributed by atoms with Gasteiger partial charge in [-0.3, -0.25) is 0 Å². The van der Waals surface area contributed by atoms with Crippen LogP contribution in [0.5, 0.6) is 0 Å². The van der Waals surface area contributed by atoms with Gasteiger partial charge in [0, 0.05) is 18.9 Å². The average Bonchev–Trinajstić information content (AvgIpc) is 2.85. The van der Waals surface area contributed by atoms with Crippen LogP contribution in [-0.2, 0) is 17.8 Å². The minimum atomic E-state index is -0.411. The molecule has 0 radical (unpaired) electrons. The van der Waals surface area contributed by atoms with E-state index >= 15 is 0 Å². The molecule has 1 aromatic carbocycles. The van der Waals surface area contributed by atoms with Crippen LogP contribution >= 0.6 is 0 Å². The summed E-state index contributed by atoms with van der Waals surface area (Å²) in [6, 6.07) is 9.52. The number of hydrogen-bond acceptors (Lipinski definition) is 5. The fraction of sp³-hybridized carbons (Fsp3) is 0.214. The quantitative estimate of drug-likeness (QED) is 0.835. The Kier molecular flexibility index (Phi) is 3.30. The predicted molar refractivity (Wildman–Crippen MR) is 72.6 cm³/mol. The summed E-state index contributed by atoms with van der Waals surface area (Å²) in [7, 11) is 1.38. The fourth-order valence-corrected chi connectivity index (χ4v) is 2.27. The maximum Gasteiger partial charge on any atom is 0.429 e. The second-order valence-electron chi connectivity index (χ2n) is 4.40. The number of benzene rings is 1. The summed E-state index contributed by atoms with van der Waals surface area (Å²) in [5, 5.41) is 3.40. The highest BCUT2D eigenvalue weighted by atomic mass is 16.5. The van der Waals surface area contributed by atoms with Gasteiger partial charge in [-0.05, 0) is 17.7 Å². The van der Waals surface area contributed by atoms with Crippen LogP contribution in [0.4, 0.5) is 10.5 Å². The second kappa shape index (κ2) is 5.26. The highest BCUT2D eigenvalue weighted by Gasteiger charge is 2.33. The van der Waals surface area contributed by atoms with Crippen molar-refractivity contribution in [3.63, 3.8) is 0 Å². The molecule has 1 aliphatic heterocycles. The second-order valence-corrected chi connectivity index (χ2v) is 4.40. The summed E-state index contributed by atoms with van der Waals surface area (Å²) in [5.74, 6) is 0.661. The lowest BCUT2D eigenvalue weighted by Crippen LogP contribution is -2.42. The zero-order chi connectivity index (χ0) is 13.9. The van der Waals surface area contributed by atoms with E-state index in [1.54, 1.807) is 18.5 Å². The van der Waals surface area contributed by atoms with Crippen LogP contribution in [0.1, 0.15) is 11.4 Å². The summed E-state index contributed by atoms with van der Waals surface area (Å²) >= 11 is 0. The van der Waals surface area contributed by atoms with Crippen molar-refractivity contribution in [2.24, 2.45) is 0 Å². The lowest BCUT2D eigenvalue weighted by Gasteiger charge is -2.26. The molecule has 0 N–H and O–H groups in total. The molecular formula is C14H14N4O2. The molecule has 1 amide bonds. The van der Waals surface area contributed by atoms with Gasteiger partial charge in [-0.1, -0.05) is 18.2 Å². The van der Waals surface area contributed by atoms with E-state index in [-0.39, 0.29) is 0 Å². The van der Waals surface area contributed by atoms with Crippen LogP contribution in [0.15, 0.2) is 42.7 Å². The van der Waals surface area contributed by atoms with E-state index in [1.165, 1.54) is 12.1 Å². The van der Waals surface area contributed by atoms with Crippen LogP contribution < -0.4 is 5.01 Å². The maximum absolute atomic E-state index is 12.0. The number of carbonyl (C=O) groups is 1. The first-order chi connectivity index (χ1) is 9.79. The van der Waals surface area contributed by atoms with Gasteiger partial charge < -0.3 is 4.74 Å². The molecule has 0 atom stereocenters. The van der Waals surface area contributed by atoms with Crippen molar-refractivity contribution < 1.29 is 9.53 Å². The Morgan fingerprint density at radius 3 is 2.75 bits per heavy atom. The van der Waals surface area contributed by atoms with Crippen molar-refractivity contribution in [2.45, 2.75) is 13.1 Å². The number of amides is 1. The zero-order valence-electron chi connectivity index (χ0n) is 11.1. The number of aromatic nitrogens is 2. The molecule has 0 unspecified atom stereocenters. The largest absolute Gasteiger partial charge is 0.452 e. The summed E-state index contributed by atoms with van der Waals surface area (Å²) < 4.78 is 4.86. The Morgan fingerprint density at radius 2 is 2.00 bits per heavy atom. The monoisotopic (exact) mass is 270 g/mol. The summed E-state index contributed by atoms with van der Waals surface area (Å²) in [6.07, 6.45) is 2.97. The molecule has 20 heavy (non-hydrogen) atoms. The molecule has 0 spiro atoms. The topological polar surface area (TPSA) is 58.6 Å². The molecule has 0 fully saturated rings. The van der Waals surface area contributed by atoms with E-state index in [9.17, 15) is 4.79 Å². The number of hydrazine groups is 1. The van der Waals surface area contributed by atoms with Crippen LogP contribution in [-0.4, -0.2) is 28.2 Å². The molecule has 0 saturated heterocycles. The molecule has 3 rings (SSSR count). The first-order valence-electron chi connectivity index (χ1n) is 6.26. The lowest BCUT2D eigenvalue weighted by atomic mass is 10.2. The van der Waals surface area contributed by atoms with Crippen molar-refractivity contribution in [3.05, 3.63) is 54.1 Å². The number of hydrogen-bond donors (Lipinski definition) is 0. The molecule has 1 aromatic heterocycles. The Labute approximate surface area is 116 Å². The molecule has 6 heteroatoms. The van der Waals surface area contributed by atoms with Crippen LogP contribution in [0, 0.1) is 0 Å². The first kappa shape index (κ1) is 12.6. The van der Waals surface area contributed by atoms with Gasteiger partial charge in [0.1, 0.15) is 5.82 Å². The van der Waals surface area contributed by atoms with Crippen molar-refractivity contribution in [3.8, 4) is 0 Å². The Balaban J connectivity index is 1.90. The minimum Gasteiger partial charge on any atom is -0.452 e. The van der Waals surface area contributed by atoms with Crippen LogP contribution in [0.25, 0.3) is 0 Å². The highest BCUT2D eigenvalue weighted by Crippen LogP contribution is 2.32. The molecule has 6 nitrogen and oxygen atoms in total. The normalized spacial score (nSPS) is 14.2. The van der Waals surface area contributed by atoms with Crippen molar-refractivity contribution >= 4 is 11.8 Å². The molecular weight excluding hydrogens is 256 g/mol. The molecule has 2 aromatic rings. The number of anilines is 1. The van der Waals surface area contributed by atoms with Gasteiger partial charge in [-0.2, -0.15) is 5.01 Å². The molecule has 0 bridgehead atoms. The van der Waals surface area contributed by atoms with Gasteiger partial charge >= 0.3 is 6.09 Å². The number of para-hydroxylation sites is 1. The molecule has 1 aliphatic rings. The standard InChI is InChI=1S/C14H14N4O2/c1-20-14(19)18-12-6-3-2-5-11(12)9-17(18)10-13-15-7-4-8-16-13/h2-8H,9-10H2,1H3. The number of rotatable bonds is 2. The van der Waals surface area contributed by atoms with E-state index < -0.39 is 6.09 Å². The van der Waals surface area contributed by atoms with Gasteiger partial charge in [0.25, 0.3) is 0 Å². The highest BCUT2D eigenvalue weighted by molar-refractivity contribution is 5.88. The van der Waals surface area contributed by atoms with Crippen molar-refractivity contribution in [2.75, 3.05) is 12.1 Å². The summed E-state index contributed by atoms with van der Waals surface area (Å²) in [6.45, 7) is 1.08. The minimum absolute atomic E-state index is 0.411. The summed E-state index contributed by atoms with van der Waals surface area (Å²) in [4.78, 5) is 20.4. The Morgan fingerprint density at radius 1 is 1.25 bits per heavy atom. The predicted octanol–water partition coefficient (Wildman–Crippen LogP) is 1.98. The van der Waals surface area contributed by atoms with E-state index in [0.717, 1.165) is 11.3 Å². The Hall–Kier alpha value is -2.47. The van der Waals surface area contributed by atoms with Gasteiger partial charge in [0.2, 0.25) is 0 Å². The van der Waals surface area contributed by atoms with Gasteiger partial charge in [-0.15, -0.1) is 0 Å². The third-order valence-corrected chi connectivity index (χ3v) is 3.15. The number of fused-ring (bicyclic) bond motifs is 1. The third-order valence-electron chi connectivity index (χ3n) is 3.15. The van der Waals surface area contributed by atoms with E-state index in [4.69, 9.17) is 4.74 Å². The molecule has 102 valence electrons. The fourth-order valence-electron chi connectivity index (χ4n) is 2.27. The number of nitrogens with zero attached hydrogens (tertiary/aromatic N) is 4. The molecule has 0 saturated carbocycles. The van der Waals surface area contributed by atoms with E-state index in [1.807, 2.05) is 29.3 Å². The smallest absolute Gasteiger partial charge is 0.429 e. The molecule has 0 aliphatic carbocycles. The van der Waals surface area contributed by atoms with Crippen LogP contribution in [0.2, 0.25) is 0 Å². The van der Waals surface area contributed by atoms with Gasteiger partial charge in [0.15, 0.2) is 0 Å². The number of methoxy groups -OCH3 is 1. The van der Waals surface area contributed by atoms with Crippen LogP contribution in [0.3, 0.4) is 0 Å². The first-order valence-corrected chi connectivity index (χ1v) is 6.26. The number of ether oxygens (including phenoxy) is 1. The van der Waals surface area contributed by atoms with Gasteiger partial charge in [-0.25, -0.2) is 19.8 Å². The maximum atomic E-state index is 12.0. The third kappa shape index (κ3) is 2.21. The van der Waals surface area contributed by atoms with E-state index in [0.29, 0.717) is 18.9 Å². The van der Waals surface area contributed by atoms with Crippen molar-refractivity contribution in [1.29, 1.82) is 0 Å². The average molecular weight is 270 g/mol. The summed E-state index contributed by atoms with van der Waals surface area (Å²) in [5.41, 5.74) is 1.92. The zero-order valence-corrected chi connectivity index (χ0v) is 11.1. The van der Waals surface area contributed by atoms with E-state index in [2.05, 4.69) is 9.97 Å². The molecule has 2 heterocycles. The lowest BCUT2D eigenvalue weighted by molar-refractivity contribution is 0.149.